The Labute approximate surface area is 178 Å². The van der Waals surface area contributed by atoms with Crippen molar-refractivity contribution in [3.05, 3.63) is 103 Å². The van der Waals surface area contributed by atoms with E-state index in [1.54, 1.807) is 0 Å². The monoisotopic (exact) mass is 395 g/mol. The van der Waals surface area contributed by atoms with E-state index < -0.39 is 0 Å². The molecule has 3 nitrogen and oxygen atoms in total. The fourth-order valence-electron chi connectivity index (χ4n) is 4.88. The van der Waals surface area contributed by atoms with Crippen LogP contribution in [0.3, 0.4) is 0 Å². The van der Waals surface area contributed by atoms with Crippen molar-refractivity contribution in [3.8, 4) is 11.1 Å². The highest BCUT2D eigenvalue weighted by Gasteiger charge is 2.16. The van der Waals surface area contributed by atoms with E-state index in [4.69, 9.17) is 4.98 Å². The van der Waals surface area contributed by atoms with Gasteiger partial charge in [-0.2, -0.15) is 0 Å². The van der Waals surface area contributed by atoms with E-state index in [0.717, 1.165) is 33.1 Å². The fraction of sp³-hybridized carbons (Fsp3) is 0. The van der Waals surface area contributed by atoms with E-state index in [-0.39, 0.29) is 0 Å². The Hall–Kier alpha value is -4.24. The molecule has 0 aliphatic carbocycles. The largest absolute Gasteiger partial charge is 0.292 e. The number of hydrogen-bond acceptors (Lipinski definition) is 2. The van der Waals surface area contributed by atoms with Crippen molar-refractivity contribution in [2.45, 2.75) is 0 Å². The average molecular weight is 395 g/mol. The molecule has 3 heterocycles. The summed E-state index contributed by atoms with van der Waals surface area (Å²) in [7, 11) is 0. The minimum atomic E-state index is 0.950. The van der Waals surface area contributed by atoms with E-state index in [2.05, 4.69) is 100 Å². The molecule has 3 heteroatoms. The first-order chi connectivity index (χ1) is 15.4. The van der Waals surface area contributed by atoms with Crippen LogP contribution >= 0.6 is 0 Å². The van der Waals surface area contributed by atoms with Gasteiger partial charge in [-0.1, -0.05) is 60.7 Å². The van der Waals surface area contributed by atoms with Crippen LogP contribution in [0.1, 0.15) is 0 Å². The van der Waals surface area contributed by atoms with Crippen LogP contribution in [0.4, 0.5) is 0 Å². The molecule has 3 aromatic heterocycles. The van der Waals surface area contributed by atoms with E-state index in [9.17, 15) is 0 Å². The summed E-state index contributed by atoms with van der Waals surface area (Å²) in [6, 6.07) is 32.3. The van der Waals surface area contributed by atoms with Crippen LogP contribution in [0, 0.1) is 0 Å². The lowest BCUT2D eigenvalue weighted by Gasteiger charge is -2.12. The Bertz CT molecular complexity index is 1740. The first-order valence-electron chi connectivity index (χ1n) is 10.4. The minimum Gasteiger partial charge on any atom is -0.292 e. The molecule has 0 fully saturated rings. The molecule has 0 atom stereocenters. The van der Waals surface area contributed by atoms with Gasteiger partial charge in [-0.3, -0.25) is 9.38 Å². The topological polar surface area (TPSA) is 30.2 Å². The maximum Gasteiger partial charge on any atom is 0.138 e. The zero-order valence-electron chi connectivity index (χ0n) is 16.7. The quantitative estimate of drug-likeness (QED) is 0.280. The molecule has 0 radical (unpaired) electrons. The smallest absolute Gasteiger partial charge is 0.138 e. The first kappa shape index (κ1) is 16.5. The van der Waals surface area contributed by atoms with Crippen LogP contribution in [-0.4, -0.2) is 14.4 Å². The Morgan fingerprint density at radius 1 is 0.613 bits per heavy atom. The van der Waals surface area contributed by atoms with Crippen molar-refractivity contribution < 1.29 is 0 Å². The molecule has 7 aromatic rings. The predicted octanol–water partition coefficient (Wildman–Crippen LogP) is 7.01. The number of hydrogen-bond donors (Lipinski definition) is 0. The molecule has 0 amide bonds. The molecule has 4 aromatic carbocycles. The van der Waals surface area contributed by atoms with Gasteiger partial charge in [0.25, 0.3) is 0 Å². The maximum absolute atomic E-state index is 5.10. The number of aromatic nitrogens is 3. The van der Waals surface area contributed by atoms with Crippen molar-refractivity contribution in [2.75, 3.05) is 0 Å². The Morgan fingerprint density at radius 2 is 1.39 bits per heavy atom. The molecule has 0 saturated carbocycles. The van der Waals surface area contributed by atoms with Gasteiger partial charge in [-0.05, 0) is 57.4 Å². The molecule has 0 aliphatic rings. The summed E-state index contributed by atoms with van der Waals surface area (Å²) >= 11 is 0. The summed E-state index contributed by atoms with van der Waals surface area (Å²) in [5.74, 6) is 0. The second kappa shape index (κ2) is 6.13. The second-order valence-electron chi connectivity index (χ2n) is 7.94. The summed E-state index contributed by atoms with van der Waals surface area (Å²) in [5, 5.41) is 6.09. The third kappa shape index (κ3) is 2.29. The Kier molecular flexibility index (Phi) is 3.27. The van der Waals surface area contributed by atoms with Gasteiger partial charge in [-0.15, -0.1) is 0 Å². The highest BCUT2D eigenvalue weighted by Crippen LogP contribution is 2.39. The van der Waals surface area contributed by atoms with Gasteiger partial charge in [0.05, 0.1) is 16.6 Å². The number of imidazole rings is 1. The third-order valence-corrected chi connectivity index (χ3v) is 6.23. The third-order valence-electron chi connectivity index (χ3n) is 6.23. The molecule has 7 rings (SSSR count). The van der Waals surface area contributed by atoms with Gasteiger partial charge < -0.3 is 0 Å². The van der Waals surface area contributed by atoms with Crippen molar-refractivity contribution in [2.24, 2.45) is 0 Å². The highest BCUT2D eigenvalue weighted by atomic mass is 15.0. The summed E-state index contributed by atoms with van der Waals surface area (Å²) < 4.78 is 2.24. The fourth-order valence-corrected chi connectivity index (χ4v) is 4.88. The lowest BCUT2D eigenvalue weighted by atomic mass is 9.91. The summed E-state index contributed by atoms with van der Waals surface area (Å²) in [5.41, 5.74) is 6.61. The SMILES string of the molecule is c1ccc2c(-c3cccc4c3nc3ccc5cnccc5n34)c3ccccc3cc2c1. The number of benzene rings is 4. The number of rotatable bonds is 1. The molecule has 0 N–H and O–H groups in total. The van der Waals surface area contributed by atoms with Crippen LogP contribution in [0.15, 0.2) is 103 Å². The van der Waals surface area contributed by atoms with E-state index in [1.165, 1.54) is 27.1 Å². The zero-order valence-corrected chi connectivity index (χ0v) is 16.7. The van der Waals surface area contributed by atoms with Crippen molar-refractivity contribution in [1.82, 2.24) is 14.4 Å². The number of fused-ring (bicyclic) bond motifs is 7. The lowest BCUT2D eigenvalue weighted by Crippen LogP contribution is -1.89. The van der Waals surface area contributed by atoms with E-state index in [1.807, 2.05) is 12.4 Å². The molecular weight excluding hydrogens is 378 g/mol. The number of pyridine rings is 2. The van der Waals surface area contributed by atoms with Crippen molar-refractivity contribution >= 4 is 49.1 Å². The Balaban J connectivity index is 1.69. The van der Waals surface area contributed by atoms with Crippen LogP contribution < -0.4 is 0 Å². The van der Waals surface area contributed by atoms with Crippen LogP contribution in [-0.2, 0) is 0 Å². The van der Waals surface area contributed by atoms with Crippen molar-refractivity contribution in [3.63, 3.8) is 0 Å². The van der Waals surface area contributed by atoms with Gasteiger partial charge >= 0.3 is 0 Å². The normalized spacial score (nSPS) is 11.9. The van der Waals surface area contributed by atoms with Gasteiger partial charge in [-0.25, -0.2) is 4.98 Å². The van der Waals surface area contributed by atoms with Crippen LogP contribution in [0.5, 0.6) is 0 Å². The predicted molar refractivity (Wildman–Crippen MR) is 128 cm³/mol. The molecule has 0 unspecified atom stereocenters. The molecule has 0 aliphatic heterocycles. The van der Waals surface area contributed by atoms with Gasteiger partial charge in [0, 0.05) is 23.3 Å². The molecular formula is C28H17N3. The summed E-state index contributed by atoms with van der Waals surface area (Å²) in [4.78, 5) is 9.38. The van der Waals surface area contributed by atoms with Gasteiger partial charge in [0.15, 0.2) is 0 Å². The summed E-state index contributed by atoms with van der Waals surface area (Å²) in [6.07, 6.45) is 3.75. The highest BCUT2D eigenvalue weighted by molar-refractivity contribution is 6.16. The van der Waals surface area contributed by atoms with E-state index >= 15 is 0 Å². The Morgan fingerprint density at radius 3 is 2.19 bits per heavy atom. The second-order valence-corrected chi connectivity index (χ2v) is 7.94. The summed E-state index contributed by atoms with van der Waals surface area (Å²) in [6.45, 7) is 0. The van der Waals surface area contributed by atoms with Gasteiger partial charge in [0.1, 0.15) is 5.65 Å². The molecule has 0 bridgehead atoms. The van der Waals surface area contributed by atoms with Crippen LogP contribution in [0.2, 0.25) is 0 Å². The number of para-hydroxylation sites is 1. The van der Waals surface area contributed by atoms with Gasteiger partial charge in [0.2, 0.25) is 0 Å². The molecule has 144 valence electrons. The molecule has 31 heavy (non-hydrogen) atoms. The first-order valence-corrected chi connectivity index (χ1v) is 10.4. The minimum absolute atomic E-state index is 0.950. The zero-order chi connectivity index (χ0) is 20.4. The van der Waals surface area contributed by atoms with Crippen molar-refractivity contribution in [1.29, 1.82) is 0 Å². The maximum atomic E-state index is 5.10. The average Bonchev–Trinajstić information content (AvgIpc) is 3.22. The van der Waals surface area contributed by atoms with E-state index in [0.29, 0.717) is 0 Å². The standard InChI is InChI=1S/C28H17N3/c1-3-8-21-18(6-1)16-19-7-2-4-9-22(19)27(21)23-10-5-11-25-28(23)30-26-13-12-20-17-29-15-14-24(20)31(25)26/h1-17H. The number of nitrogens with zero attached hydrogens (tertiary/aromatic N) is 3. The molecule has 0 saturated heterocycles. The lowest BCUT2D eigenvalue weighted by molar-refractivity contribution is 1.27. The molecule has 0 spiro atoms. The van der Waals surface area contributed by atoms with Crippen LogP contribution in [0.25, 0.3) is 60.3 Å².